The van der Waals surface area contributed by atoms with E-state index in [9.17, 15) is 28.7 Å². The lowest BCUT2D eigenvalue weighted by molar-refractivity contribution is -0.161. The van der Waals surface area contributed by atoms with Crippen LogP contribution in [0.4, 0.5) is 0 Å². The molecular weight excluding hydrogens is 774 g/mol. The quantitative estimate of drug-likeness (QED) is 0.0196. The molecule has 57 heavy (non-hydrogen) atoms. The van der Waals surface area contributed by atoms with E-state index in [1.807, 2.05) is 0 Å². The molecule has 0 aromatic heterocycles. The maximum absolute atomic E-state index is 12.7. The van der Waals surface area contributed by atoms with Crippen LogP contribution in [0.5, 0.6) is 0 Å². The van der Waals surface area contributed by atoms with E-state index in [4.69, 9.17) is 23.8 Å². The molecule has 0 saturated carbocycles. The topological polar surface area (TPSA) is 195 Å². The molecule has 0 aliphatic heterocycles. The van der Waals surface area contributed by atoms with Crippen LogP contribution in [0.15, 0.2) is 24.3 Å². The van der Waals surface area contributed by atoms with Gasteiger partial charge in [-0.15, -0.1) is 0 Å². The predicted molar refractivity (Wildman–Crippen MR) is 225 cm³/mol. The number of hydrogen-bond acceptors (Lipinski definition) is 10. The maximum Gasteiger partial charge on any atom is 0.472 e. The monoisotopic (exact) mass is 855 g/mol. The van der Waals surface area contributed by atoms with Crippen molar-refractivity contribution in [1.29, 1.82) is 0 Å². The summed E-state index contributed by atoms with van der Waals surface area (Å²) in [4.78, 5) is 52.7. The number of hydrogen-bond donors (Lipinski definition) is 4. The first-order chi connectivity index (χ1) is 27.4. The second kappa shape index (κ2) is 38.8. The number of allylic oxidation sites excluding steroid dienone is 4. The van der Waals surface area contributed by atoms with E-state index in [0.29, 0.717) is 12.8 Å². The first kappa shape index (κ1) is 55.6. The van der Waals surface area contributed by atoms with E-state index in [-0.39, 0.29) is 19.4 Å². The smallest absolute Gasteiger partial charge is 0.462 e. The lowest BCUT2D eigenvalue weighted by Crippen LogP contribution is -2.30. The van der Waals surface area contributed by atoms with E-state index in [2.05, 4.69) is 47.2 Å². The molecule has 13 nitrogen and oxygen atoms in total. The van der Waals surface area contributed by atoms with E-state index in [1.54, 1.807) is 0 Å². The van der Waals surface area contributed by atoms with Gasteiger partial charge >= 0.3 is 27.6 Å². The van der Waals surface area contributed by atoms with Crippen molar-refractivity contribution in [2.45, 2.75) is 206 Å². The maximum atomic E-state index is 12.7. The van der Waals surface area contributed by atoms with Crippen molar-refractivity contribution in [3.63, 3.8) is 0 Å². The first-order valence-corrected chi connectivity index (χ1v) is 25.1. The van der Waals surface area contributed by atoms with E-state index in [1.165, 1.54) is 89.9 Å². The molecule has 3 atom stereocenters. The molecule has 0 aromatic carbocycles. The van der Waals surface area contributed by atoms with Gasteiger partial charge in [0.1, 0.15) is 12.7 Å². The lowest BCUT2D eigenvalue weighted by Gasteiger charge is -2.20. The number of phosphoric acid groups is 2. The normalized spacial score (nSPS) is 14.3. The van der Waals surface area contributed by atoms with Gasteiger partial charge in [0.25, 0.3) is 0 Å². The molecule has 3 unspecified atom stereocenters. The van der Waals surface area contributed by atoms with Crippen molar-refractivity contribution in [3.8, 4) is 0 Å². The highest BCUT2D eigenvalue weighted by molar-refractivity contribution is 7.47. The van der Waals surface area contributed by atoms with Gasteiger partial charge in [0.05, 0.1) is 19.8 Å². The highest BCUT2D eigenvalue weighted by Crippen LogP contribution is 2.43. The number of ether oxygens (including phenoxy) is 2. The Bertz CT molecular complexity index is 1110. The highest BCUT2D eigenvalue weighted by Gasteiger charge is 2.28. The van der Waals surface area contributed by atoms with Gasteiger partial charge in [0.2, 0.25) is 0 Å². The number of carbonyl (C=O) groups excluding carboxylic acids is 2. The molecule has 0 radical (unpaired) electrons. The summed E-state index contributed by atoms with van der Waals surface area (Å²) in [6.45, 7) is 1.74. The average Bonchev–Trinajstić information content (AvgIpc) is 3.17. The molecule has 0 aromatic rings. The SMILES string of the molecule is CCCCCCC=CCCCCCCCCCC(=O)OCC(COP(=O)(O)OCC(O)COP(=O)(O)O)OC(=O)CCCCCCCCCC=CCCCCCC. The van der Waals surface area contributed by atoms with E-state index >= 15 is 0 Å². The third-order valence-electron chi connectivity index (χ3n) is 9.30. The number of carbonyl (C=O) groups is 2. The fourth-order valence-corrected chi connectivity index (χ4v) is 7.08. The van der Waals surface area contributed by atoms with Gasteiger partial charge in [-0.25, -0.2) is 9.13 Å². The van der Waals surface area contributed by atoms with Crippen LogP contribution in [-0.2, 0) is 41.8 Å². The summed E-state index contributed by atoms with van der Waals surface area (Å²) in [5.41, 5.74) is 0. The van der Waals surface area contributed by atoms with Crippen molar-refractivity contribution in [2.24, 2.45) is 0 Å². The summed E-state index contributed by atoms with van der Waals surface area (Å²) in [7, 11) is -9.66. The highest BCUT2D eigenvalue weighted by atomic mass is 31.2. The summed E-state index contributed by atoms with van der Waals surface area (Å²) in [6, 6.07) is 0. The van der Waals surface area contributed by atoms with Gasteiger partial charge in [-0.1, -0.05) is 141 Å². The molecule has 0 aliphatic rings. The van der Waals surface area contributed by atoms with Crippen LogP contribution in [0.2, 0.25) is 0 Å². The number of aliphatic hydroxyl groups is 1. The number of unbranched alkanes of at least 4 members (excludes halogenated alkanes) is 22. The van der Waals surface area contributed by atoms with Gasteiger partial charge in [-0.2, -0.15) is 0 Å². The number of aliphatic hydroxyl groups excluding tert-OH is 1. The largest absolute Gasteiger partial charge is 0.472 e. The standard InChI is InChI=1S/C42H80O13P2/c1-3-5-7-9-11-13-15-17-19-21-23-25-27-29-31-33-41(44)51-37-40(38-54-57(49,50)53-36-39(43)35-52-56(46,47)48)55-42(45)34-32-30-28-26-24-22-20-18-16-14-12-10-8-6-4-2/h13-16,39-40,43H,3-12,17-38H2,1-2H3,(H,49,50)(H2,46,47,48). The fourth-order valence-electron chi connectivity index (χ4n) is 5.93. The lowest BCUT2D eigenvalue weighted by atomic mass is 10.1. The van der Waals surface area contributed by atoms with Crippen LogP contribution in [0.1, 0.15) is 194 Å². The number of rotatable bonds is 42. The van der Waals surface area contributed by atoms with E-state index < -0.39 is 59.6 Å². The summed E-state index contributed by atoms with van der Waals surface area (Å²) >= 11 is 0. The van der Waals surface area contributed by atoms with Crippen LogP contribution in [-0.4, -0.2) is 70.4 Å². The van der Waals surface area contributed by atoms with Crippen LogP contribution in [0.25, 0.3) is 0 Å². The summed E-state index contributed by atoms with van der Waals surface area (Å²) in [5, 5.41) is 9.74. The Kier molecular flexibility index (Phi) is 37.8. The zero-order chi connectivity index (χ0) is 42.3. The van der Waals surface area contributed by atoms with Crippen molar-refractivity contribution in [2.75, 3.05) is 26.4 Å². The predicted octanol–water partition coefficient (Wildman–Crippen LogP) is 11.1. The molecule has 0 spiro atoms. The Hall–Kier alpha value is -1.40. The Morgan fingerprint density at radius 3 is 1.30 bits per heavy atom. The Morgan fingerprint density at radius 1 is 0.491 bits per heavy atom. The van der Waals surface area contributed by atoms with E-state index in [0.717, 1.165) is 64.2 Å². The molecule has 0 saturated heterocycles. The van der Waals surface area contributed by atoms with Crippen molar-refractivity contribution in [3.05, 3.63) is 24.3 Å². The molecule has 0 rings (SSSR count). The van der Waals surface area contributed by atoms with Gasteiger partial charge in [0.15, 0.2) is 6.10 Å². The summed E-state index contributed by atoms with van der Waals surface area (Å²) in [5.74, 6) is -1.04. The van der Waals surface area contributed by atoms with Crippen LogP contribution < -0.4 is 0 Å². The summed E-state index contributed by atoms with van der Waals surface area (Å²) in [6.07, 6.45) is 35.9. The zero-order valence-corrected chi connectivity index (χ0v) is 37.2. The molecule has 336 valence electrons. The molecule has 4 N–H and O–H groups in total. The fraction of sp³-hybridized carbons (Fsp3) is 0.857. The van der Waals surface area contributed by atoms with Gasteiger partial charge in [0, 0.05) is 12.8 Å². The Labute approximate surface area is 344 Å². The van der Waals surface area contributed by atoms with Crippen LogP contribution in [0, 0.1) is 0 Å². The minimum atomic E-state index is -4.86. The third kappa shape index (κ3) is 42.5. The minimum Gasteiger partial charge on any atom is -0.462 e. The molecule has 0 amide bonds. The third-order valence-corrected chi connectivity index (χ3v) is 10.7. The van der Waals surface area contributed by atoms with Gasteiger partial charge in [-0.05, 0) is 64.2 Å². The second-order valence-electron chi connectivity index (χ2n) is 15.0. The molecule has 0 aliphatic carbocycles. The molecular formula is C42H80O13P2. The van der Waals surface area contributed by atoms with Crippen LogP contribution in [0.3, 0.4) is 0 Å². The average molecular weight is 855 g/mol. The molecule has 0 fully saturated rings. The minimum absolute atomic E-state index is 0.127. The second-order valence-corrected chi connectivity index (χ2v) is 17.7. The zero-order valence-electron chi connectivity index (χ0n) is 35.4. The Balaban J connectivity index is 4.51. The van der Waals surface area contributed by atoms with Gasteiger partial charge in [-0.3, -0.25) is 23.2 Å². The Morgan fingerprint density at radius 2 is 0.860 bits per heavy atom. The molecule has 0 heterocycles. The number of phosphoric ester groups is 2. The van der Waals surface area contributed by atoms with Crippen LogP contribution >= 0.6 is 15.6 Å². The van der Waals surface area contributed by atoms with Crippen molar-refractivity contribution < 1.29 is 61.6 Å². The van der Waals surface area contributed by atoms with Crippen molar-refractivity contribution in [1.82, 2.24) is 0 Å². The number of esters is 2. The molecule has 15 heteroatoms. The summed E-state index contributed by atoms with van der Waals surface area (Å²) < 4.78 is 47.8. The van der Waals surface area contributed by atoms with Gasteiger partial charge < -0.3 is 29.3 Å². The molecule has 0 bridgehead atoms. The first-order valence-electron chi connectivity index (χ1n) is 22.0. The van der Waals surface area contributed by atoms with Crippen molar-refractivity contribution >= 4 is 27.6 Å².